The molecule has 0 aliphatic carbocycles. The molecule has 0 spiro atoms. The molecule has 0 aromatic heterocycles. The van der Waals surface area contributed by atoms with Crippen molar-refractivity contribution in [3.05, 3.63) is 35.4 Å². The highest BCUT2D eigenvalue weighted by Gasteiger charge is 2.30. The Kier molecular flexibility index (Phi) is 4.46. The van der Waals surface area contributed by atoms with Crippen LogP contribution in [-0.4, -0.2) is 24.0 Å². The van der Waals surface area contributed by atoms with E-state index < -0.39 is 0 Å². The highest BCUT2D eigenvalue weighted by atomic mass is 16.2. The van der Waals surface area contributed by atoms with Crippen LogP contribution in [0.1, 0.15) is 43.9 Å². The summed E-state index contributed by atoms with van der Waals surface area (Å²) >= 11 is 0. The van der Waals surface area contributed by atoms with Gasteiger partial charge >= 0.3 is 6.03 Å². The lowest BCUT2D eigenvalue weighted by atomic mass is 9.99. The molecule has 1 heterocycles. The molecule has 0 unspecified atom stereocenters. The first-order valence-electron chi connectivity index (χ1n) is 7.19. The van der Waals surface area contributed by atoms with Gasteiger partial charge in [-0.15, -0.1) is 0 Å². The molecule has 1 aromatic rings. The maximum atomic E-state index is 12.3. The van der Waals surface area contributed by atoms with Gasteiger partial charge in [-0.1, -0.05) is 38.1 Å². The third kappa shape index (κ3) is 3.28. The number of rotatable bonds is 3. The number of likely N-dealkylation sites (tertiary alicyclic amines) is 1. The Morgan fingerprint density at radius 2 is 2.16 bits per heavy atom. The van der Waals surface area contributed by atoms with Crippen LogP contribution in [0.2, 0.25) is 0 Å². The van der Waals surface area contributed by atoms with Crippen molar-refractivity contribution in [1.82, 2.24) is 10.2 Å². The van der Waals surface area contributed by atoms with Crippen molar-refractivity contribution in [3.63, 3.8) is 0 Å². The molecule has 19 heavy (non-hydrogen) atoms. The standard InChI is InChI=1S/C16H24N2O/c1-12(2)11-17-16(19)18-10-6-9-15(18)14-8-5-4-7-13(14)3/h4-5,7-8,12,15H,6,9-11H2,1-3H3,(H,17,19)/t15-/m1/s1. The fraction of sp³-hybridized carbons (Fsp3) is 0.562. The lowest BCUT2D eigenvalue weighted by Crippen LogP contribution is -2.41. The Labute approximate surface area is 116 Å². The number of urea groups is 1. The minimum absolute atomic E-state index is 0.0828. The van der Waals surface area contributed by atoms with E-state index in [-0.39, 0.29) is 12.1 Å². The number of nitrogens with zero attached hydrogens (tertiary/aromatic N) is 1. The van der Waals surface area contributed by atoms with Gasteiger partial charge < -0.3 is 10.2 Å². The van der Waals surface area contributed by atoms with Gasteiger partial charge in [0.2, 0.25) is 0 Å². The molecule has 2 rings (SSSR count). The van der Waals surface area contributed by atoms with Crippen LogP contribution in [0.15, 0.2) is 24.3 Å². The van der Waals surface area contributed by atoms with E-state index in [2.05, 4.69) is 50.4 Å². The van der Waals surface area contributed by atoms with Crippen molar-refractivity contribution in [2.75, 3.05) is 13.1 Å². The number of aryl methyl sites for hydroxylation is 1. The van der Waals surface area contributed by atoms with Gasteiger partial charge in [0.15, 0.2) is 0 Å². The van der Waals surface area contributed by atoms with Crippen LogP contribution in [0.4, 0.5) is 4.79 Å². The van der Waals surface area contributed by atoms with Gasteiger partial charge in [0.05, 0.1) is 6.04 Å². The normalized spacial score (nSPS) is 18.9. The molecule has 1 fully saturated rings. The van der Waals surface area contributed by atoms with Crippen LogP contribution >= 0.6 is 0 Å². The topological polar surface area (TPSA) is 32.3 Å². The average Bonchev–Trinajstić information content (AvgIpc) is 2.85. The van der Waals surface area contributed by atoms with Crippen LogP contribution < -0.4 is 5.32 Å². The predicted octanol–water partition coefficient (Wildman–Crippen LogP) is 3.50. The largest absolute Gasteiger partial charge is 0.338 e. The number of benzene rings is 1. The van der Waals surface area contributed by atoms with E-state index >= 15 is 0 Å². The van der Waals surface area contributed by atoms with Crippen LogP contribution in [0.25, 0.3) is 0 Å². The van der Waals surface area contributed by atoms with Crippen molar-refractivity contribution >= 4 is 6.03 Å². The van der Waals surface area contributed by atoms with Gasteiger partial charge in [-0.2, -0.15) is 0 Å². The zero-order chi connectivity index (χ0) is 13.8. The van der Waals surface area contributed by atoms with Crippen LogP contribution in [0.3, 0.4) is 0 Å². The molecular weight excluding hydrogens is 236 g/mol. The summed E-state index contributed by atoms with van der Waals surface area (Å²) in [4.78, 5) is 14.3. The highest BCUT2D eigenvalue weighted by Crippen LogP contribution is 2.33. The predicted molar refractivity (Wildman–Crippen MR) is 78.1 cm³/mol. The molecular formula is C16H24N2O. The molecule has 1 atom stereocenters. The number of carbonyl (C=O) groups excluding carboxylic acids is 1. The van der Waals surface area contributed by atoms with E-state index in [0.717, 1.165) is 25.9 Å². The van der Waals surface area contributed by atoms with Gasteiger partial charge in [-0.25, -0.2) is 4.79 Å². The van der Waals surface area contributed by atoms with Gasteiger partial charge in [-0.3, -0.25) is 0 Å². The zero-order valence-electron chi connectivity index (χ0n) is 12.1. The van der Waals surface area contributed by atoms with Crippen LogP contribution in [-0.2, 0) is 0 Å². The maximum absolute atomic E-state index is 12.3. The average molecular weight is 260 g/mol. The summed E-state index contributed by atoms with van der Waals surface area (Å²) in [6.45, 7) is 7.96. The minimum Gasteiger partial charge on any atom is -0.338 e. The molecule has 0 bridgehead atoms. The Balaban J connectivity index is 2.09. The van der Waals surface area contributed by atoms with Crippen LogP contribution in [0.5, 0.6) is 0 Å². The molecule has 3 heteroatoms. The quantitative estimate of drug-likeness (QED) is 0.886. The summed E-state index contributed by atoms with van der Waals surface area (Å²) in [5.74, 6) is 0.489. The van der Waals surface area contributed by atoms with Crippen molar-refractivity contribution < 1.29 is 4.79 Å². The van der Waals surface area contributed by atoms with Gasteiger partial charge in [-0.05, 0) is 36.8 Å². The summed E-state index contributed by atoms with van der Waals surface area (Å²) in [7, 11) is 0. The minimum atomic E-state index is 0.0828. The summed E-state index contributed by atoms with van der Waals surface area (Å²) in [6.07, 6.45) is 2.16. The van der Waals surface area contributed by atoms with E-state index in [1.807, 2.05) is 4.90 Å². The Bertz CT molecular complexity index is 442. The number of carbonyl (C=O) groups is 1. The van der Waals surface area contributed by atoms with Gasteiger partial charge in [0, 0.05) is 13.1 Å². The Morgan fingerprint density at radius 1 is 1.42 bits per heavy atom. The second-order valence-electron chi connectivity index (χ2n) is 5.79. The summed E-state index contributed by atoms with van der Waals surface area (Å²) in [5.41, 5.74) is 2.57. The lowest BCUT2D eigenvalue weighted by Gasteiger charge is -2.27. The summed E-state index contributed by atoms with van der Waals surface area (Å²) in [6, 6.07) is 8.71. The molecule has 3 nitrogen and oxygen atoms in total. The second kappa shape index (κ2) is 6.09. The van der Waals surface area contributed by atoms with E-state index in [0.29, 0.717) is 5.92 Å². The van der Waals surface area contributed by atoms with Gasteiger partial charge in [0.1, 0.15) is 0 Å². The first-order valence-corrected chi connectivity index (χ1v) is 7.19. The smallest absolute Gasteiger partial charge is 0.317 e. The monoisotopic (exact) mass is 260 g/mol. The molecule has 0 saturated carbocycles. The maximum Gasteiger partial charge on any atom is 0.317 e. The van der Waals surface area contributed by atoms with Crippen molar-refractivity contribution in [1.29, 1.82) is 0 Å². The number of amides is 2. The Morgan fingerprint density at radius 3 is 2.84 bits per heavy atom. The first-order chi connectivity index (χ1) is 9.09. The molecule has 0 radical (unpaired) electrons. The van der Waals surface area contributed by atoms with E-state index in [1.165, 1.54) is 11.1 Å². The third-order valence-corrected chi connectivity index (χ3v) is 3.72. The highest BCUT2D eigenvalue weighted by molar-refractivity contribution is 5.75. The van der Waals surface area contributed by atoms with E-state index in [9.17, 15) is 4.79 Å². The molecule has 1 saturated heterocycles. The SMILES string of the molecule is Cc1ccccc1[C@H]1CCCN1C(=O)NCC(C)C. The third-order valence-electron chi connectivity index (χ3n) is 3.72. The van der Waals surface area contributed by atoms with Gasteiger partial charge in [0.25, 0.3) is 0 Å². The molecule has 1 aliphatic heterocycles. The van der Waals surface area contributed by atoms with Crippen molar-refractivity contribution in [3.8, 4) is 0 Å². The summed E-state index contributed by atoms with van der Waals surface area (Å²) in [5, 5.41) is 3.03. The summed E-state index contributed by atoms with van der Waals surface area (Å²) < 4.78 is 0. The van der Waals surface area contributed by atoms with Crippen molar-refractivity contribution in [2.24, 2.45) is 5.92 Å². The van der Waals surface area contributed by atoms with Crippen molar-refractivity contribution in [2.45, 2.75) is 39.7 Å². The molecule has 1 N–H and O–H groups in total. The molecule has 104 valence electrons. The first kappa shape index (κ1) is 13.9. The lowest BCUT2D eigenvalue weighted by molar-refractivity contribution is 0.191. The van der Waals surface area contributed by atoms with Crippen LogP contribution in [0, 0.1) is 12.8 Å². The van der Waals surface area contributed by atoms with E-state index in [1.54, 1.807) is 0 Å². The molecule has 2 amide bonds. The number of nitrogens with one attached hydrogen (secondary N) is 1. The fourth-order valence-corrected chi connectivity index (χ4v) is 2.69. The molecule has 1 aromatic carbocycles. The molecule has 1 aliphatic rings. The number of hydrogen-bond donors (Lipinski definition) is 1. The Hall–Kier alpha value is -1.51. The van der Waals surface area contributed by atoms with E-state index in [4.69, 9.17) is 0 Å². The second-order valence-corrected chi connectivity index (χ2v) is 5.79. The zero-order valence-corrected chi connectivity index (χ0v) is 12.1. The fourth-order valence-electron chi connectivity index (χ4n) is 2.69. The number of hydrogen-bond acceptors (Lipinski definition) is 1.